The molecule has 53 heavy (non-hydrogen) atoms. The minimum Gasteiger partial charge on any atom is -0.461 e. The summed E-state index contributed by atoms with van der Waals surface area (Å²) >= 11 is -2.02. The SMILES string of the molecule is C#Cc1c(F)ccc2cccc(-c3ncc4c(N5CC6CCC(C5)N6)nc(OCC56CCCN5CC(OCc5ccc(S(=O)O)cc5)C6)nc4c3F)c12. The Morgan fingerprint density at radius 2 is 1.87 bits per heavy atom. The van der Waals surface area contributed by atoms with Crippen LogP contribution in [0.5, 0.6) is 6.01 Å². The van der Waals surface area contributed by atoms with E-state index in [1.165, 1.54) is 6.07 Å². The van der Waals surface area contributed by atoms with Crippen LogP contribution in [0, 0.1) is 24.0 Å². The molecule has 0 aliphatic carbocycles. The number of anilines is 1. The van der Waals surface area contributed by atoms with Gasteiger partial charge >= 0.3 is 6.01 Å². The van der Waals surface area contributed by atoms with Crippen LogP contribution in [-0.4, -0.2) is 85.1 Å². The van der Waals surface area contributed by atoms with E-state index in [0.717, 1.165) is 63.8 Å². The number of rotatable bonds is 9. The Hall–Kier alpha value is -4.58. The average molecular weight is 737 g/mol. The maximum atomic E-state index is 17.0. The van der Waals surface area contributed by atoms with Crippen molar-refractivity contribution in [3.8, 4) is 29.6 Å². The number of pyridine rings is 1. The van der Waals surface area contributed by atoms with Crippen molar-refractivity contribution in [3.05, 3.63) is 83.6 Å². The first-order chi connectivity index (χ1) is 25.8. The molecule has 4 saturated heterocycles. The quantitative estimate of drug-likeness (QED) is 0.142. The molecule has 4 fully saturated rings. The number of piperazine rings is 1. The van der Waals surface area contributed by atoms with Crippen molar-refractivity contribution < 1.29 is 27.0 Å². The van der Waals surface area contributed by atoms with Gasteiger partial charge in [0.25, 0.3) is 0 Å². The van der Waals surface area contributed by atoms with E-state index in [-0.39, 0.29) is 34.4 Å². The van der Waals surface area contributed by atoms with Crippen molar-refractivity contribution in [1.82, 2.24) is 25.2 Å². The highest BCUT2D eigenvalue weighted by Crippen LogP contribution is 2.42. The molecule has 0 radical (unpaired) electrons. The zero-order valence-corrected chi connectivity index (χ0v) is 29.7. The lowest BCUT2D eigenvalue weighted by atomic mass is 9.94. The van der Waals surface area contributed by atoms with E-state index in [1.807, 2.05) is 18.2 Å². The number of hydrogen-bond donors (Lipinski definition) is 2. The van der Waals surface area contributed by atoms with Crippen LogP contribution in [-0.2, 0) is 22.4 Å². The van der Waals surface area contributed by atoms with Crippen molar-refractivity contribution in [2.24, 2.45) is 0 Å². The Labute approximate surface area is 308 Å². The Kier molecular flexibility index (Phi) is 8.83. The van der Waals surface area contributed by atoms with E-state index in [4.69, 9.17) is 25.9 Å². The van der Waals surface area contributed by atoms with E-state index >= 15 is 4.39 Å². The molecule has 5 aromatic rings. The summed E-state index contributed by atoms with van der Waals surface area (Å²) in [6, 6.07) is 15.8. The van der Waals surface area contributed by atoms with Gasteiger partial charge in [-0.3, -0.25) is 9.88 Å². The van der Waals surface area contributed by atoms with Crippen molar-refractivity contribution >= 4 is 38.6 Å². The molecule has 272 valence electrons. The Bertz CT molecular complexity index is 2290. The Morgan fingerprint density at radius 1 is 1.06 bits per heavy atom. The number of terminal acetylenes is 1. The third-order valence-corrected chi connectivity index (χ3v) is 12.1. The number of nitrogens with one attached hydrogen (secondary N) is 1. The standard InChI is InChI=1S/C40H38F2N6O4S/c1-2-30-33(41)14-9-25-5-3-6-31(34(25)30)36-35(42)37-32(18-43-36)38(47-19-26-10-11-27(20-47)44-26)46-39(45-37)52-23-40-15-4-16-48(40)21-28(17-40)51-22-24-7-12-29(13-8-24)53(49)50/h1,3,5-9,12-14,18,26-28,44H,4,10-11,15-17,19-23H2,(H,49,50). The largest absolute Gasteiger partial charge is 0.461 e. The summed E-state index contributed by atoms with van der Waals surface area (Å²) in [6.07, 6.45) is 12.2. The fourth-order valence-corrected chi connectivity index (χ4v) is 9.24. The second-order valence-electron chi connectivity index (χ2n) is 14.6. The minimum atomic E-state index is -2.02. The number of ether oxygens (including phenoxy) is 2. The van der Waals surface area contributed by atoms with Crippen LogP contribution in [0.4, 0.5) is 14.6 Å². The number of halogens is 2. The molecule has 2 aromatic heterocycles. The maximum absolute atomic E-state index is 17.0. The summed E-state index contributed by atoms with van der Waals surface area (Å²) in [5.41, 5.74) is 1.19. The Morgan fingerprint density at radius 3 is 2.64 bits per heavy atom. The van der Waals surface area contributed by atoms with Crippen LogP contribution >= 0.6 is 0 Å². The third kappa shape index (κ3) is 6.22. The third-order valence-electron chi connectivity index (χ3n) is 11.4. The lowest BCUT2D eigenvalue weighted by Gasteiger charge is -2.34. The predicted molar refractivity (Wildman–Crippen MR) is 198 cm³/mol. The molecule has 5 atom stereocenters. The summed E-state index contributed by atoms with van der Waals surface area (Å²) in [7, 11) is 0. The normalized spacial score (nSPS) is 24.5. The molecule has 0 spiro atoms. The van der Waals surface area contributed by atoms with Crippen LogP contribution in [0.15, 0.2) is 65.7 Å². The zero-order chi connectivity index (χ0) is 36.3. The Balaban J connectivity index is 1.04. The molecule has 13 heteroatoms. The number of nitrogens with zero attached hydrogens (tertiary/aromatic N) is 5. The minimum absolute atomic E-state index is 0.0248. The van der Waals surface area contributed by atoms with E-state index < -0.39 is 22.7 Å². The van der Waals surface area contributed by atoms with Gasteiger partial charge in [-0.1, -0.05) is 42.3 Å². The summed E-state index contributed by atoms with van der Waals surface area (Å²) in [6.45, 7) is 3.81. The molecule has 0 saturated carbocycles. The molecule has 2 bridgehead atoms. The van der Waals surface area contributed by atoms with Gasteiger partial charge in [0.1, 0.15) is 29.5 Å². The van der Waals surface area contributed by atoms with Crippen LogP contribution in [0.1, 0.15) is 43.2 Å². The summed E-state index contributed by atoms with van der Waals surface area (Å²) in [4.78, 5) is 19.2. The van der Waals surface area contributed by atoms with E-state index in [9.17, 15) is 13.2 Å². The van der Waals surface area contributed by atoms with E-state index in [0.29, 0.717) is 57.7 Å². The van der Waals surface area contributed by atoms with Crippen molar-refractivity contribution in [1.29, 1.82) is 0 Å². The van der Waals surface area contributed by atoms with Gasteiger partial charge in [-0.05, 0) is 67.8 Å². The van der Waals surface area contributed by atoms with Crippen LogP contribution in [0.2, 0.25) is 0 Å². The first-order valence-corrected chi connectivity index (χ1v) is 19.1. The molecule has 2 N–H and O–H groups in total. The first kappa shape index (κ1) is 34.2. The topological polar surface area (TPSA) is 113 Å². The molecule has 4 aliphatic rings. The second-order valence-corrected chi connectivity index (χ2v) is 15.6. The number of aromatic nitrogens is 3. The molecule has 5 unspecified atom stereocenters. The summed E-state index contributed by atoms with van der Waals surface area (Å²) in [5, 5.41) is 5.23. The molecular weight excluding hydrogens is 699 g/mol. The number of hydrogen-bond acceptors (Lipinski definition) is 9. The van der Waals surface area contributed by atoms with Gasteiger partial charge in [0.15, 0.2) is 16.9 Å². The highest BCUT2D eigenvalue weighted by molar-refractivity contribution is 7.79. The monoisotopic (exact) mass is 736 g/mol. The van der Waals surface area contributed by atoms with Crippen LogP contribution in [0.3, 0.4) is 0 Å². The predicted octanol–water partition coefficient (Wildman–Crippen LogP) is 5.83. The van der Waals surface area contributed by atoms with Crippen molar-refractivity contribution in [3.63, 3.8) is 0 Å². The van der Waals surface area contributed by atoms with E-state index in [1.54, 1.807) is 36.5 Å². The molecular formula is C40H38F2N6O4S. The fraction of sp³-hybridized carbons (Fsp3) is 0.375. The van der Waals surface area contributed by atoms with Gasteiger partial charge in [-0.2, -0.15) is 9.97 Å². The lowest BCUT2D eigenvalue weighted by molar-refractivity contribution is 0.0440. The van der Waals surface area contributed by atoms with Gasteiger partial charge in [0.05, 0.1) is 34.1 Å². The average Bonchev–Trinajstić information content (AvgIpc) is 3.84. The van der Waals surface area contributed by atoms with Gasteiger partial charge in [0, 0.05) is 48.9 Å². The zero-order valence-electron chi connectivity index (χ0n) is 28.9. The molecule has 10 nitrogen and oxygen atoms in total. The van der Waals surface area contributed by atoms with Gasteiger partial charge in [-0.15, -0.1) is 6.42 Å². The molecule has 0 amide bonds. The maximum Gasteiger partial charge on any atom is 0.319 e. The molecule has 4 aliphatic heterocycles. The van der Waals surface area contributed by atoms with Gasteiger partial charge in [0.2, 0.25) is 0 Å². The molecule has 9 rings (SSSR count). The summed E-state index contributed by atoms with van der Waals surface area (Å²) in [5.74, 6) is 1.83. The van der Waals surface area contributed by atoms with E-state index in [2.05, 4.69) is 26.0 Å². The first-order valence-electron chi connectivity index (χ1n) is 18.0. The van der Waals surface area contributed by atoms with Crippen LogP contribution < -0.4 is 15.0 Å². The highest BCUT2D eigenvalue weighted by Gasteiger charge is 2.49. The molecule has 3 aromatic carbocycles. The van der Waals surface area contributed by atoms with Crippen molar-refractivity contribution in [2.75, 3.05) is 37.7 Å². The van der Waals surface area contributed by atoms with Crippen molar-refractivity contribution in [2.45, 2.75) is 67.3 Å². The number of fused-ring (bicyclic) bond motifs is 5. The lowest BCUT2D eigenvalue weighted by Crippen LogP contribution is -2.51. The van der Waals surface area contributed by atoms with Gasteiger partial charge < -0.3 is 24.2 Å². The fourth-order valence-electron chi connectivity index (χ4n) is 8.87. The second kappa shape index (κ2) is 13.7. The van der Waals surface area contributed by atoms with Crippen LogP contribution in [0.25, 0.3) is 32.9 Å². The van der Waals surface area contributed by atoms with Gasteiger partial charge in [-0.25, -0.2) is 13.0 Å². The molecule has 6 heterocycles. The highest BCUT2D eigenvalue weighted by atomic mass is 32.2. The smallest absolute Gasteiger partial charge is 0.319 e. The summed E-state index contributed by atoms with van der Waals surface area (Å²) < 4.78 is 65.4. The number of benzene rings is 3.